The van der Waals surface area contributed by atoms with Gasteiger partial charge in [0.2, 0.25) is 11.8 Å². The number of benzene rings is 1. The van der Waals surface area contributed by atoms with E-state index in [2.05, 4.69) is 10.3 Å². The van der Waals surface area contributed by atoms with Crippen molar-refractivity contribution < 1.29 is 9.59 Å². The lowest BCUT2D eigenvalue weighted by atomic mass is 10.3. The molecule has 1 N–H and O–H groups in total. The summed E-state index contributed by atoms with van der Waals surface area (Å²) in [5.74, 6) is -0.159. The number of hydrogen-bond donors (Lipinski definition) is 1. The number of nitrogens with zero attached hydrogens (tertiary/aromatic N) is 3. The fourth-order valence-electron chi connectivity index (χ4n) is 2.23. The molecule has 1 aliphatic heterocycles. The van der Waals surface area contributed by atoms with Crippen LogP contribution in [0.25, 0.3) is 11.0 Å². The van der Waals surface area contributed by atoms with Gasteiger partial charge in [-0.1, -0.05) is 12.1 Å². The molecule has 0 unspecified atom stereocenters. The molecule has 1 aliphatic rings. The number of imidazole rings is 1. The molecule has 2 amide bonds. The summed E-state index contributed by atoms with van der Waals surface area (Å²) < 4.78 is 1.81. The fraction of sp³-hybridized carbons (Fsp3) is 0.308. The highest BCUT2D eigenvalue weighted by molar-refractivity contribution is 5.86. The van der Waals surface area contributed by atoms with Crippen molar-refractivity contribution in [3.8, 4) is 0 Å². The van der Waals surface area contributed by atoms with Crippen LogP contribution in [0.2, 0.25) is 0 Å². The maximum atomic E-state index is 12.2. The van der Waals surface area contributed by atoms with Gasteiger partial charge in [-0.25, -0.2) is 4.98 Å². The first-order chi connectivity index (χ1) is 9.24. The van der Waals surface area contributed by atoms with Gasteiger partial charge in [0, 0.05) is 13.1 Å². The summed E-state index contributed by atoms with van der Waals surface area (Å²) in [5.41, 5.74) is 1.80. The number of aromatic nitrogens is 2. The van der Waals surface area contributed by atoms with Gasteiger partial charge in [0.15, 0.2) is 0 Å². The van der Waals surface area contributed by atoms with Gasteiger partial charge in [0.1, 0.15) is 6.54 Å². The van der Waals surface area contributed by atoms with Crippen molar-refractivity contribution in [2.24, 2.45) is 0 Å². The molecule has 0 spiro atoms. The molecule has 2 heterocycles. The van der Waals surface area contributed by atoms with E-state index in [0.29, 0.717) is 13.1 Å². The number of hydrogen-bond acceptors (Lipinski definition) is 3. The molecular weight excluding hydrogens is 244 g/mol. The number of carbonyl (C=O) groups is 2. The van der Waals surface area contributed by atoms with E-state index in [-0.39, 0.29) is 24.9 Å². The van der Waals surface area contributed by atoms with Gasteiger partial charge < -0.3 is 14.8 Å². The average Bonchev–Trinajstić information content (AvgIpc) is 2.82. The van der Waals surface area contributed by atoms with Crippen LogP contribution in [0.5, 0.6) is 0 Å². The molecule has 1 aromatic heterocycles. The van der Waals surface area contributed by atoms with Gasteiger partial charge in [-0.3, -0.25) is 9.59 Å². The molecule has 6 nitrogen and oxygen atoms in total. The van der Waals surface area contributed by atoms with Crippen LogP contribution in [0.15, 0.2) is 30.6 Å². The standard InChI is InChI=1S/C13H14N4O2/c18-12-7-16(6-5-14-12)13(19)8-17-9-15-10-3-1-2-4-11(10)17/h1-4,9H,5-8H2,(H,14,18). The molecule has 0 aliphatic carbocycles. The van der Waals surface area contributed by atoms with Gasteiger partial charge >= 0.3 is 0 Å². The minimum atomic E-state index is -0.102. The second kappa shape index (κ2) is 4.72. The van der Waals surface area contributed by atoms with Crippen LogP contribution >= 0.6 is 0 Å². The molecule has 1 saturated heterocycles. The number of para-hydroxylation sites is 2. The van der Waals surface area contributed by atoms with E-state index < -0.39 is 0 Å². The Morgan fingerprint density at radius 1 is 1.37 bits per heavy atom. The molecule has 3 rings (SSSR count). The van der Waals surface area contributed by atoms with Crippen molar-refractivity contribution >= 4 is 22.8 Å². The molecule has 98 valence electrons. The van der Waals surface area contributed by atoms with Crippen molar-refractivity contribution in [1.82, 2.24) is 19.8 Å². The Kier molecular flexibility index (Phi) is 2.91. The van der Waals surface area contributed by atoms with E-state index in [0.717, 1.165) is 11.0 Å². The fourth-order valence-corrected chi connectivity index (χ4v) is 2.23. The zero-order valence-electron chi connectivity index (χ0n) is 10.4. The smallest absolute Gasteiger partial charge is 0.243 e. The number of piperazine rings is 1. The molecular formula is C13H14N4O2. The lowest BCUT2D eigenvalue weighted by Crippen LogP contribution is -2.50. The molecule has 0 radical (unpaired) electrons. The van der Waals surface area contributed by atoms with Crippen LogP contribution in [-0.2, 0) is 16.1 Å². The second-order valence-corrected chi connectivity index (χ2v) is 4.53. The molecule has 6 heteroatoms. The Bertz CT molecular complexity index is 634. The number of nitrogens with one attached hydrogen (secondary N) is 1. The highest BCUT2D eigenvalue weighted by atomic mass is 16.2. The number of rotatable bonds is 2. The maximum Gasteiger partial charge on any atom is 0.243 e. The van der Waals surface area contributed by atoms with Gasteiger partial charge in [0.25, 0.3) is 0 Å². The van der Waals surface area contributed by atoms with Crippen LogP contribution in [0.1, 0.15) is 0 Å². The molecule has 0 bridgehead atoms. The van der Waals surface area contributed by atoms with Crippen molar-refractivity contribution in [1.29, 1.82) is 0 Å². The minimum absolute atomic E-state index is 0.0574. The average molecular weight is 258 g/mol. The predicted molar refractivity (Wildman–Crippen MR) is 69.3 cm³/mol. The third-order valence-corrected chi connectivity index (χ3v) is 3.22. The molecule has 0 saturated carbocycles. The number of fused-ring (bicyclic) bond motifs is 1. The van der Waals surface area contributed by atoms with Crippen molar-refractivity contribution in [2.45, 2.75) is 6.54 Å². The lowest BCUT2D eigenvalue weighted by Gasteiger charge is -2.26. The van der Waals surface area contributed by atoms with Crippen LogP contribution < -0.4 is 5.32 Å². The van der Waals surface area contributed by atoms with Crippen molar-refractivity contribution in [3.63, 3.8) is 0 Å². The zero-order chi connectivity index (χ0) is 13.2. The van der Waals surface area contributed by atoms with E-state index in [4.69, 9.17) is 0 Å². The molecule has 2 aromatic rings. The molecule has 19 heavy (non-hydrogen) atoms. The number of amides is 2. The van der Waals surface area contributed by atoms with E-state index in [1.807, 2.05) is 28.8 Å². The van der Waals surface area contributed by atoms with Crippen LogP contribution in [-0.4, -0.2) is 45.9 Å². The molecule has 1 fully saturated rings. The third kappa shape index (κ3) is 2.29. The highest BCUT2D eigenvalue weighted by Gasteiger charge is 2.21. The molecule has 1 aromatic carbocycles. The first kappa shape index (κ1) is 11.7. The topological polar surface area (TPSA) is 67.2 Å². The van der Waals surface area contributed by atoms with Crippen LogP contribution in [0.4, 0.5) is 0 Å². The summed E-state index contributed by atoms with van der Waals surface area (Å²) in [4.78, 5) is 29.2. The Hall–Kier alpha value is -2.37. The van der Waals surface area contributed by atoms with Crippen LogP contribution in [0, 0.1) is 0 Å². The van der Waals surface area contributed by atoms with Crippen LogP contribution in [0.3, 0.4) is 0 Å². The minimum Gasteiger partial charge on any atom is -0.353 e. The summed E-state index contributed by atoms with van der Waals surface area (Å²) in [6.07, 6.45) is 1.66. The molecule has 0 atom stereocenters. The first-order valence-electron chi connectivity index (χ1n) is 6.18. The number of carbonyl (C=O) groups excluding carboxylic acids is 2. The van der Waals surface area contributed by atoms with E-state index in [9.17, 15) is 9.59 Å². The maximum absolute atomic E-state index is 12.2. The van der Waals surface area contributed by atoms with Gasteiger partial charge in [-0.15, -0.1) is 0 Å². The van der Waals surface area contributed by atoms with Crippen molar-refractivity contribution in [2.75, 3.05) is 19.6 Å². The highest BCUT2D eigenvalue weighted by Crippen LogP contribution is 2.12. The monoisotopic (exact) mass is 258 g/mol. The van der Waals surface area contributed by atoms with E-state index >= 15 is 0 Å². The Balaban J connectivity index is 1.77. The summed E-state index contributed by atoms with van der Waals surface area (Å²) in [7, 11) is 0. The van der Waals surface area contributed by atoms with Gasteiger partial charge in [-0.05, 0) is 12.1 Å². The van der Waals surface area contributed by atoms with E-state index in [1.165, 1.54) is 0 Å². The summed E-state index contributed by atoms with van der Waals surface area (Å²) >= 11 is 0. The van der Waals surface area contributed by atoms with Crippen molar-refractivity contribution in [3.05, 3.63) is 30.6 Å². The normalized spacial score (nSPS) is 15.6. The summed E-state index contributed by atoms with van der Waals surface area (Å²) in [5, 5.41) is 2.70. The second-order valence-electron chi connectivity index (χ2n) is 4.53. The quantitative estimate of drug-likeness (QED) is 0.824. The zero-order valence-corrected chi connectivity index (χ0v) is 10.4. The third-order valence-electron chi connectivity index (χ3n) is 3.22. The summed E-state index contributed by atoms with van der Waals surface area (Å²) in [6, 6.07) is 7.67. The van der Waals surface area contributed by atoms with Gasteiger partial charge in [-0.2, -0.15) is 0 Å². The van der Waals surface area contributed by atoms with E-state index in [1.54, 1.807) is 11.2 Å². The largest absolute Gasteiger partial charge is 0.353 e. The Labute approximate surface area is 110 Å². The lowest BCUT2D eigenvalue weighted by molar-refractivity contribution is -0.138. The Morgan fingerprint density at radius 2 is 2.21 bits per heavy atom. The summed E-state index contributed by atoms with van der Waals surface area (Å²) in [6.45, 7) is 1.45. The Morgan fingerprint density at radius 3 is 3.05 bits per heavy atom. The predicted octanol–water partition coefficient (Wildman–Crippen LogP) is -0.00530. The SMILES string of the molecule is O=C1CN(C(=O)Cn2cnc3ccccc32)CCN1. The first-order valence-corrected chi connectivity index (χ1v) is 6.18. The van der Waals surface area contributed by atoms with Gasteiger partial charge in [0.05, 0.1) is 23.9 Å².